The highest BCUT2D eigenvalue weighted by Crippen LogP contribution is 2.23. The number of piperidine rings is 1. The van der Waals surface area contributed by atoms with Gasteiger partial charge in [-0.25, -0.2) is 4.98 Å². The van der Waals surface area contributed by atoms with E-state index in [1.807, 2.05) is 6.20 Å². The third-order valence-corrected chi connectivity index (χ3v) is 4.16. The molecule has 4 nitrogen and oxygen atoms in total. The van der Waals surface area contributed by atoms with Crippen molar-refractivity contribution in [3.05, 3.63) is 30.6 Å². The van der Waals surface area contributed by atoms with E-state index in [2.05, 4.69) is 57.8 Å². The highest BCUT2D eigenvalue weighted by molar-refractivity contribution is 5.51. The number of imidazole rings is 1. The zero-order valence-electron chi connectivity index (χ0n) is 12.4. The topological polar surface area (TPSA) is 32.6 Å². The summed E-state index contributed by atoms with van der Waals surface area (Å²) in [4.78, 5) is 6.85. The van der Waals surface area contributed by atoms with E-state index in [9.17, 15) is 0 Å². The molecule has 0 amide bonds. The van der Waals surface area contributed by atoms with Crippen molar-refractivity contribution in [3.8, 4) is 0 Å². The van der Waals surface area contributed by atoms with Crippen LogP contribution < -0.4 is 10.2 Å². The molecular weight excluding hydrogens is 248 g/mol. The Kier molecular flexibility index (Phi) is 3.92. The molecule has 20 heavy (non-hydrogen) atoms. The average Bonchev–Trinajstić information content (AvgIpc) is 2.94. The Hall–Kier alpha value is -1.55. The van der Waals surface area contributed by atoms with E-state index < -0.39 is 0 Å². The van der Waals surface area contributed by atoms with Crippen LogP contribution in [0, 0.1) is 5.92 Å². The molecule has 1 aliphatic rings. The van der Waals surface area contributed by atoms with E-state index in [4.69, 9.17) is 0 Å². The van der Waals surface area contributed by atoms with Crippen molar-refractivity contribution in [1.29, 1.82) is 0 Å². The van der Waals surface area contributed by atoms with E-state index in [1.54, 1.807) is 0 Å². The van der Waals surface area contributed by atoms with E-state index in [0.29, 0.717) is 6.04 Å². The number of anilines is 1. The molecule has 3 rings (SSSR count). The third kappa shape index (κ3) is 2.80. The normalized spacial score (nSPS) is 17.2. The smallest absolute Gasteiger partial charge is 0.138 e. The lowest BCUT2D eigenvalue weighted by Crippen LogP contribution is -2.39. The van der Waals surface area contributed by atoms with Gasteiger partial charge in [0.2, 0.25) is 0 Å². The fraction of sp³-hybridized carbons (Fsp3) is 0.562. The zero-order chi connectivity index (χ0) is 13.9. The molecule has 4 heteroatoms. The van der Waals surface area contributed by atoms with Crippen LogP contribution in [0.4, 0.5) is 5.82 Å². The average molecular weight is 272 g/mol. The van der Waals surface area contributed by atoms with Gasteiger partial charge >= 0.3 is 0 Å². The predicted octanol–water partition coefficient (Wildman–Crippen LogP) is 2.55. The van der Waals surface area contributed by atoms with Crippen molar-refractivity contribution in [2.45, 2.75) is 32.7 Å². The summed E-state index contributed by atoms with van der Waals surface area (Å²) in [5, 5.41) is 3.56. The van der Waals surface area contributed by atoms with Crippen molar-refractivity contribution < 1.29 is 0 Å². The second kappa shape index (κ2) is 5.83. The van der Waals surface area contributed by atoms with Gasteiger partial charge in [-0.1, -0.05) is 19.9 Å². The summed E-state index contributed by atoms with van der Waals surface area (Å²) in [7, 11) is 0. The largest absolute Gasteiger partial charge is 0.358 e. The van der Waals surface area contributed by atoms with E-state index in [0.717, 1.165) is 31.2 Å². The maximum Gasteiger partial charge on any atom is 0.138 e. The molecule has 1 fully saturated rings. The van der Waals surface area contributed by atoms with Crippen LogP contribution in [0.25, 0.3) is 5.65 Å². The molecule has 0 radical (unpaired) electrons. The maximum atomic E-state index is 4.36. The molecule has 2 aromatic rings. The number of pyridine rings is 1. The molecule has 1 N–H and O–H groups in total. The molecule has 0 unspecified atom stereocenters. The first-order valence-corrected chi connectivity index (χ1v) is 7.64. The summed E-state index contributed by atoms with van der Waals surface area (Å²) in [5.74, 6) is 2.09. The summed E-state index contributed by atoms with van der Waals surface area (Å²) in [6.07, 6.45) is 6.46. The van der Waals surface area contributed by atoms with Crippen molar-refractivity contribution in [3.63, 3.8) is 0 Å². The van der Waals surface area contributed by atoms with Crippen molar-refractivity contribution in [2.75, 3.05) is 24.5 Å². The van der Waals surface area contributed by atoms with E-state index in [-0.39, 0.29) is 0 Å². The quantitative estimate of drug-likeness (QED) is 0.928. The molecule has 2 aromatic heterocycles. The van der Waals surface area contributed by atoms with Gasteiger partial charge in [-0.2, -0.15) is 0 Å². The van der Waals surface area contributed by atoms with Crippen LogP contribution in [0.1, 0.15) is 26.7 Å². The van der Waals surface area contributed by atoms with Gasteiger partial charge in [-0.05, 0) is 37.4 Å². The van der Waals surface area contributed by atoms with Gasteiger partial charge in [0.05, 0.1) is 0 Å². The Labute approximate surface area is 120 Å². The lowest BCUT2D eigenvalue weighted by Gasteiger charge is -2.34. The number of nitrogens with zero attached hydrogens (tertiary/aromatic N) is 3. The van der Waals surface area contributed by atoms with Crippen molar-refractivity contribution in [1.82, 2.24) is 14.7 Å². The standard InChI is InChI=1S/C16H24N4/c1-13(2)18-12-14-6-9-19(10-7-14)16-5-3-4-15-17-8-11-20(15)16/h3-5,8,11,13-14,18H,6-7,9-10,12H2,1-2H3. The minimum atomic E-state index is 0.590. The summed E-state index contributed by atoms with van der Waals surface area (Å²) >= 11 is 0. The lowest BCUT2D eigenvalue weighted by molar-refractivity contribution is 0.369. The Morgan fingerprint density at radius 2 is 2.10 bits per heavy atom. The number of fused-ring (bicyclic) bond motifs is 1. The van der Waals surface area contributed by atoms with Crippen LogP contribution in [0.3, 0.4) is 0 Å². The van der Waals surface area contributed by atoms with Crippen molar-refractivity contribution in [2.24, 2.45) is 5.92 Å². The Morgan fingerprint density at radius 3 is 2.85 bits per heavy atom. The van der Waals surface area contributed by atoms with Gasteiger partial charge < -0.3 is 10.2 Å². The molecular formula is C16H24N4. The molecule has 0 aromatic carbocycles. The number of hydrogen-bond acceptors (Lipinski definition) is 3. The van der Waals surface area contributed by atoms with Crippen LogP contribution >= 0.6 is 0 Å². The van der Waals surface area contributed by atoms with Crippen LogP contribution in [0.2, 0.25) is 0 Å². The van der Waals surface area contributed by atoms with E-state index >= 15 is 0 Å². The minimum absolute atomic E-state index is 0.590. The third-order valence-electron chi connectivity index (χ3n) is 4.16. The molecule has 0 bridgehead atoms. The molecule has 1 saturated heterocycles. The molecule has 1 aliphatic heterocycles. The summed E-state index contributed by atoms with van der Waals surface area (Å²) < 4.78 is 2.19. The summed E-state index contributed by atoms with van der Waals surface area (Å²) in [5.41, 5.74) is 1.03. The Morgan fingerprint density at radius 1 is 1.30 bits per heavy atom. The molecule has 0 spiro atoms. The fourth-order valence-corrected chi connectivity index (χ4v) is 2.96. The van der Waals surface area contributed by atoms with Crippen LogP contribution in [-0.2, 0) is 0 Å². The first kappa shape index (κ1) is 13.4. The van der Waals surface area contributed by atoms with Crippen LogP contribution in [-0.4, -0.2) is 35.1 Å². The molecule has 0 atom stereocenters. The Balaban J connectivity index is 1.65. The fourth-order valence-electron chi connectivity index (χ4n) is 2.96. The Bertz CT molecular complexity index is 552. The molecule has 0 saturated carbocycles. The monoisotopic (exact) mass is 272 g/mol. The molecule has 0 aliphatic carbocycles. The minimum Gasteiger partial charge on any atom is -0.358 e. The highest BCUT2D eigenvalue weighted by Gasteiger charge is 2.20. The van der Waals surface area contributed by atoms with Gasteiger partial charge in [0.25, 0.3) is 0 Å². The predicted molar refractivity (Wildman–Crippen MR) is 83.3 cm³/mol. The number of rotatable bonds is 4. The van der Waals surface area contributed by atoms with Gasteiger partial charge in [0.1, 0.15) is 11.5 Å². The van der Waals surface area contributed by atoms with Crippen LogP contribution in [0.15, 0.2) is 30.6 Å². The van der Waals surface area contributed by atoms with E-state index in [1.165, 1.54) is 18.7 Å². The van der Waals surface area contributed by atoms with Gasteiger partial charge in [0, 0.05) is 31.5 Å². The lowest BCUT2D eigenvalue weighted by atomic mass is 9.96. The number of nitrogens with one attached hydrogen (secondary N) is 1. The summed E-state index contributed by atoms with van der Waals surface area (Å²) in [6.45, 7) is 7.87. The number of hydrogen-bond donors (Lipinski definition) is 1. The van der Waals surface area contributed by atoms with Crippen LogP contribution in [0.5, 0.6) is 0 Å². The molecule has 108 valence electrons. The summed E-state index contributed by atoms with van der Waals surface area (Å²) in [6, 6.07) is 6.95. The second-order valence-corrected chi connectivity index (χ2v) is 6.03. The first-order chi connectivity index (χ1) is 9.74. The van der Waals surface area contributed by atoms with Gasteiger partial charge in [-0.3, -0.25) is 4.40 Å². The second-order valence-electron chi connectivity index (χ2n) is 6.03. The SMILES string of the molecule is CC(C)NCC1CCN(c2cccc3nccn23)CC1. The number of aromatic nitrogens is 2. The molecule has 3 heterocycles. The first-order valence-electron chi connectivity index (χ1n) is 7.64. The van der Waals surface area contributed by atoms with Gasteiger partial charge in [0.15, 0.2) is 0 Å². The zero-order valence-corrected chi connectivity index (χ0v) is 12.4. The maximum absolute atomic E-state index is 4.36. The highest BCUT2D eigenvalue weighted by atomic mass is 15.2. The van der Waals surface area contributed by atoms with Crippen molar-refractivity contribution >= 4 is 11.5 Å². The van der Waals surface area contributed by atoms with Gasteiger partial charge in [-0.15, -0.1) is 0 Å².